The molecule has 0 heterocycles. The molecule has 0 saturated heterocycles. The van der Waals surface area contributed by atoms with Crippen LogP contribution in [0.2, 0.25) is 0 Å². The van der Waals surface area contributed by atoms with Gasteiger partial charge in [0, 0.05) is 6.54 Å². The average Bonchev–Trinajstić information content (AvgIpc) is 2.57. The molecule has 4 nitrogen and oxygen atoms in total. The molecule has 1 N–H and O–H groups in total. The fourth-order valence-corrected chi connectivity index (χ4v) is 5.94. The van der Waals surface area contributed by atoms with Gasteiger partial charge in [-0.2, -0.15) is 0 Å². The van der Waals surface area contributed by atoms with Gasteiger partial charge in [-0.1, -0.05) is 6.07 Å². The fourth-order valence-electron chi connectivity index (χ4n) is 5.94. The third kappa shape index (κ3) is 2.66. The Morgan fingerprint density at radius 1 is 1.08 bits per heavy atom. The van der Waals surface area contributed by atoms with Crippen molar-refractivity contribution in [3.63, 3.8) is 0 Å². The summed E-state index contributed by atoms with van der Waals surface area (Å²) in [5.74, 6) is 3.77. The number of carbonyl (C=O) groups excluding carboxylic acids is 1. The van der Waals surface area contributed by atoms with Gasteiger partial charge in [-0.05, 0) is 73.8 Å². The van der Waals surface area contributed by atoms with Crippen LogP contribution in [0, 0.1) is 23.2 Å². The van der Waals surface area contributed by atoms with E-state index in [9.17, 15) is 4.79 Å². The van der Waals surface area contributed by atoms with Crippen LogP contribution in [0.1, 0.15) is 48.9 Å². The first kappa shape index (κ1) is 15.8. The summed E-state index contributed by atoms with van der Waals surface area (Å²) in [6.07, 6.45) is 8.18. The Morgan fingerprint density at radius 2 is 1.71 bits per heavy atom. The molecule has 1 amide bonds. The molecule has 1 aromatic carbocycles. The largest absolute Gasteiger partial charge is 0.493 e. The average molecular weight is 329 g/mol. The van der Waals surface area contributed by atoms with Gasteiger partial charge in [0.15, 0.2) is 11.5 Å². The number of amides is 1. The van der Waals surface area contributed by atoms with E-state index in [4.69, 9.17) is 9.47 Å². The lowest BCUT2D eigenvalue weighted by Crippen LogP contribution is -2.51. The minimum Gasteiger partial charge on any atom is -0.493 e. The smallest absolute Gasteiger partial charge is 0.255 e. The molecule has 130 valence electrons. The Labute approximate surface area is 143 Å². The summed E-state index contributed by atoms with van der Waals surface area (Å²) in [6, 6.07) is 5.45. The first-order valence-electron chi connectivity index (χ1n) is 9.11. The summed E-state index contributed by atoms with van der Waals surface area (Å²) >= 11 is 0. The predicted molar refractivity (Wildman–Crippen MR) is 92.5 cm³/mol. The molecule has 4 bridgehead atoms. The standard InChI is InChI=1S/C20H27NO3/c1-23-17-5-3-4-16(18(17)24-2)19(22)21-12-20-9-13-6-14(10-20)8-15(7-13)11-20/h3-5,13-15H,6-12H2,1-2H3,(H,21,22). The molecule has 0 spiro atoms. The quantitative estimate of drug-likeness (QED) is 0.897. The number of methoxy groups -OCH3 is 2. The number of hydrogen-bond donors (Lipinski definition) is 1. The van der Waals surface area contributed by atoms with Gasteiger partial charge in [0.1, 0.15) is 0 Å². The topological polar surface area (TPSA) is 47.6 Å². The van der Waals surface area contributed by atoms with Crippen LogP contribution in [0.4, 0.5) is 0 Å². The zero-order valence-electron chi connectivity index (χ0n) is 14.6. The molecule has 24 heavy (non-hydrogen) atoms. The molecule has 4 fully saturated rings. The number of para-hydroxylation sites is 1. The van der Waals surface area contributed by atoms with Crippen LogP contribution in [-0.4, -0.2) is 26.7 Å². The van der Waals surface area contributed by atoms with Gasteiger partial charge in [-0.15, -0.1) is 0 Å². The Balaban J connectivity index is 1.48. The van der Waals surface area contributed by atoms with E-state index >= 15 is 0 Å². The Kier molecular flexibility index (Phi) is 3.93. The second-order valence-electron chi connectivity index (χ2n) is 8.14. The molecule has 0 unspecified atom stereocenters. The van der Waals surface area contributed by atoms with Crippen LogP contribution < -0.4 is 14.8 Å². The number of carbonyl (C=O) groups is 1. The Hall–Kier alpha value is -1.71. The van der Waals surface area contributed by atoms with Gasteiger partial charge in [-0.25, -0.2) is 0 Å². The highest BCUT2D eigenvalue weighted by Gasteiger charge is 2.50. The predicted octanol–water partition coefficient (Wildman–Crippen LogP) is 3.65. The molecule has 0 radical (unpaired) electrons. The van der Waals surface area contributed by atoms with Crippen LogP contribution in [0.3, 0.4) is 0 Å². The highest BCUT2D eigenvalue weighted by Crippen LogP contribution is 2.59. The van der Waals surface area contributed by atoms with E-state index in [2.05, 4.69) is 5.32 Å². The van der Waals surface area contributed by atoms with Crippen molar-refractivity contribution < 1.29 is 14.3 Å². The number of benzene rings is 1. The minimum atomic E-state index is -0.0542. The van der Waals surface area contributed by atoms with E-state index < -0.39 is 0 Å². The SMILES string of the molecule is COc1cccc(C(=O)NCC23CC4CC(CC(C4)C2)C3)c1OC. The summed E-state index contributed by atoms with van der Waals surface area (Å²) in [7, 11) is 3.17. The van der Waals surface area contributed by atoms with E-state index in [0.717, 1.165) is 24.3 Å². The molecule has 0 aliphatic heterocycles. The molecule has 5 rings (SSSR count). The summed E-state index contributed by atoms with van der Waals surface area (Å²) in [5, 5.41) is 3.21. The zero-order valence-corrected chi connectivity index (χ0v) is 14.6. The molecule has 4 aliphatic rings. The van der Waals surface area contributed by atoms with Crippen LogP contribution in [0.5, 0.6) is 11.5 Å². The van der Waals surface area contributed by atoms with E-state index in [1.165, 1.54) is 38.5 Å². The second kappa shape index (κ2) is 5.98. The molecule has 0 atom stereocenters. The monoisotopic (exact) mass is 329 g/mol. The van der Waals surface area contributed by atoms with Crippen molar-refractivity contribution in [1.29, 1.82) is 0 Å². The molecular formula is C20H27NO3. The molecule has 0 aromatic heterocycles. The summed E-state index contributed by atoms with van der Waals surface area (Å²) in [6.45, 7) is 0.801. The van der Waals surface area contributed by atoms with Gasteiger partial charge >= 0.3 is 0 Å². The lowest BCUT2D eigenvalue weighted by molar-refractivity contribution is -0.0503. The van der Waals surface area contributed by atoms with Crippen molar-refractivity contribution in [2.75, 3.05) is 20.8 Å². The highest BCUT2D eigenvalue weighted by atomic mass is 16.5. The minimum absolute atomic E-state index is 0.0542. The lowest BCUT2D eigenvalue weighted by atomic mass is 9.49. The van der Waals surface area contributed by atoms with Crippen molar-refractivity contribution in [2.24, 2.45) is 23.2 Å². The van der Waals surface area contributed by atoms with Gasteiger partial charge in [-0.3, -0.25) is 4.79 Å². The molecule has 1 aromatic rings. The van der Waals surface area contributed by atoms with Crippen molar-refractivity contribution in [1.82, 2.24) is 5.32 Å². The Bertz CT molecular complexity index is 604. The summed E-state index contributed by atoms with van der Waals surface area (Å²) < 4.78 is 10.7. The van der Waals surface area contributed by atoms with Gasteiger partial charge in [0.25, 0.3) is 5.91 Å². The molecule has 4 heteroatoms. The van der Waals surface area contributed by atoms with E-state index in [0.29, 0.717) is 22.5 Å². The van der Waals surface area contributed by atoms with Gasteiger partial charge in [0.05, 0.1) is 19.8 Å². The van der Waals surface area contributed by atoms with E-state index in [1.54, 1.807) is 20.3 Å². The summed E-state index contributed by atoms with van der Waals surface area (Å²) in [5.41, 5.74) is 0.901. The third-order valence-electron chi connectivity index (χ3n) is 6.44. The van der Waals surface area contributed by atoms with Crippen molar-refractivity contribution in [3.8, 4) is 11.5 Å². The fraction of sp³-hybridized carbons (Fsp3) is 0.650. The van der Waals surface area contributed by atoms with E-state index in [-0.39, 0.29) is 5.91 Å². The maximum absolute atomic E-state index is 12.7. The first-order chi connectivity index (χ1) is 11.6. The molecule has 4 aliphatic carbocycles. The van der Waals surface area contributed by atoms with Crippen LogP contribution in [0.15, 0.2) is 18.2 Å². The lowest BCUT2D eigenvalue weighted by Gasteiger charge is -2.56. The number of hydrogen-bond acceptors (Lipinski definition) is 3. The second-order valence-corrected chi connectivity index (χ2v) is 8.14. The first-order valence-corrected chi connectivity index (χ1v) is 9.11. The third-order valence-corrected chi connectivity index (χ3v) is 6.44. The van der Waals surface area contributed by atoms with E-state index in [1.807, 2.05) is 12.1 Å². The number of nitrogens with one attached hydrogen (secondary N) is 1. The van der Waals surface area contributed by atoms with Crippen LogP contribution in [0.25, 0.3) is 0 Å². The van der Waals surface area contributed by atoms with Crippen molar-refractivity contribution in [3.05, 3.63) is 23.8 Å². The van der Waals surface area contributed by atoms with Crippen LogP contribution in [-0.2, 0) is 0 Å². The highest BCUT2D eigenvalue weighted by molar-refractivity contribution is 5.97. The van der Waals surface area contributed by atoms with Crippen molar-refractivity contribution >= 4 is 5.91 Å². The number of rotatable bonds is 5. The Morgan fingerprint density at radius 3 is 2.25 bits per heavy atom. The number of ether oxygens (including phenoxy) is 2. The zero-order chi connectivity index (χ0) is 16.7. The normalized spacial score (nSPS) is 33.3. The van der Waals surface area contributed by atoms with Crippen LogP contribution >= 0.6 is 0 Å². The summed E-state index contributed by atoms with van der Waals surface area (Å²) in [4.78, 5) is 12.7. The molecular weight excluding hydrogens is 302 g/mol. The maximum Gasteiger partial charge on any atom is 0.255 e. The van der Waals surface area contributed by atoms with Gasteiger partial charge in [0.2, 0.25) is 0 Å². The van der Waals surface area contributed by atoms with Crippen molar-refractivity contribution in [2.45, 2.75) is 38.5 Å². The van der Waals surface area contributed by atoms with Gasteiger partial charge < -0.3 is 14.8 Å². The maximum atomic E-state index is 12.7. The molecule has 4 saturated carbocycles.